The van der Waals surface area contributed by atoms with Crippen LogP contribution in [-0.4, -0.2) is 47.1 Å². The summed E-state index contributed by atoms with van der Waals surface area (Å²) in [4.78, 5) is 15.5. The molecule has 2 aromatic heterocycles. The Hall–Kier alpha value is -2.92. The van der Waals surface area contributed by atoms with Crippen LogP contribution in [0.5, 0.6) is 5.75 Å². The standard InChI is InChI=1S/C20H22ClFN6O3S/c1-10(28-20-17-19(25-8-24-17)26-9-27-20)12-6-13(21)16(22)15(18(12)31-2)11-4-5-14(23-7-11)32(3,29)30/h6-10,14,23H,4-5H2,1-3H3,(H2,24,25,26,27,28). The van der Waals surface area contributed by atoms with E-state index in [4.69, 9.17) is 16.3 Å². The zero-order chi connectivity index (χ0) is 23.0. The zero-order valence-electron chi connectivity index (χ0n) is 17.6. The molecule has 4 rings (SSSR count). The molecule has 0 spiro atoms. The first-order valence-corrected chi connectivity index (χ1v) is 12.1. The average molecular weight is 481 g/mol. The van der Waals surface area contributed by atoms with Gasteiger partial charge in [-0.25, -0.2) is 27.8 Å². The van der Waals surface area contributed by atoms with Gasteiger partial charge in [-0.1, -0.05) is 11.6 Å². The number of anilines is 1. The minimum atomic E-state index is -3.27. The average Bonchev–Trinajstić information content (AvgIpc) is 3.24. The summed E-state index contributed by atoms with van der Waals surface area (Å²) in [5.41, 5.74) is 2.55. The van der Waals surface area contributed by atoms with Gasteiger partial charge in [0.05, 0.1) is 30.1 Å². The fraction of sp³-hybridized carbons (Fsp3) is 0.350. The predicted molar refractivity (Wildman–Crippen MR) is 121 cm³/mol. The molecule has 32 heavy (non-hydrogen) atoms. The highest BCUT2D eigenvalue weighted by Gasteiger charge is 2.29. The highest BCUT2D eigenvalue weighted by atomic mass is 35.5. The third-order valence-electron chi connectivity index (χ3n) is 5.40. The number of aromatic amines is 1. The summed E-state index contributed by atoms with van der Waals surface area (Å²) >= 11 is 6.25. The van der Waals surface area contributed by atoms with Gasteiger partial charge in [0.15, 0.2) is 27.1 Å². The number of hydrogen-bond donors (Lipinski definition) is 3. The van der Waals surface area contributed by atoms with Crippen molar-refractivity contribution in [1.29, 1.82) is 0 Å². The van der Waals surface area contributed by atoms with Crippen LogP contribution >= 0.6 is 11.6 Å². The van der Waals surface area contributed by atoms with Gasteiger partial charge in [0.25, 0.3) is 0 Å². The molecule has 170 valence electrons. The maximum absolute atomic E-state index is 15.1. The first-order chi connectivity index (χ1) is 15.2. The number of fused-ring (bicyclic) bond motifs is 1. The van der Waals surface area contributed by atoms with Crippen molar-refractivity contribution in [2.24, 2.45) is 0 Å². The molecule has 0 bridgehead atoms. The van der Waals surface area contributed by atoms with Crippen LogP contribution in [0.25, 0.3) is 16.7 Å². The molecule has 3 heterocycles. The number of sulfone groups is 1. The van der Waals surface area contributed by atoms with Gasteiger partial charge in [-0.05, 0) is 31.4 Å². The van der Waals surface area contributed by atoms with E-state index in [0.717, 1.165) is 0 Å². The third-order valence-corrected chi connectivity index (χ3v) is 7.09. The summed E-state index contributed by atoms with van der Waals surface area (Å²) in [6.45, 7) is 1.87. The van der Waals surface area contributed by atoms with Crippen LogP contribution in [0.4, 0.5) is 10.2 Å². The molecule has 1 aliphatic heterocycles. The Labute approximate surface area is 189 Å². The van der Waals surface area contributed by atoms with Gasteiger partial charge in [0.2, 0.25) is 0 Å². The van der Waals surface area contributed by atoms with E-state index in [1.165, 1.54) is 38.3 Å². The molecule has 9 nitrogen and oxygen atoms in total. The fourth-order valence-corrected chi connectivity index (χ4v) is 4.86. The van der Waals surface area contributed by atoms with E-state index in [9.17, 15) is 8.42 Å². The second-order valence-electron chi connectivity index (χ2n) is 7.55. The van der Waals surface area contributed by atoms with E-state index >= 15 is 4.39 Å². The van der Waals surface area contributed by atoms with Crippen LogP contribution < -0.4 is 15.4 Å². The van der Waals surface area contributed by atoms with Crippen LogP contribution in [0.15, 0.2) is 24.9 Å². The number of nitrogens with one attached hydrogen (secondary N) is 3. The minimum Gasteiger partial charge on any atom is -0.496 e. The first kappa shape index (κ1) is 22.3. The van der Waals surface area contributed by atoms with Crippen LogP contribution in [0.3, 0.4) is 0 Å². The van der Waals surface area contributed by atoms with E-state index in [1.54, 1.807) is 0 Å². The molecule has 0 fully saturated rings. The molecular formula is C20H22ClFN6O3S. The van der Waals surface area contributed by atoms with Gasteiger partial charge in [-0.2, -0.15) is 0 Å². The molecular weight excluding hydrogens is 459 g/mol. The number of methoxy groups -OCH3 is 1. The van der Waals surface area contributed by atoms with Gasteiger partial charge >= 0.3 is 0 Å². The Morgan fingerprint density at radius 2 is 2.12 bits per heavy atom. The lowest BCUT2D eigenvalue weighted by molar-refractivity contribution is 0.402. The maximum atomic E-state index is 15.1. The number of hydrogen-bond acceptors (Lipinski definition) is 8. The summed E-state index contributed by atoms with van der Waals surface area (Å²) in [5, 5.41) is 5.34. The number of allylic oxidation sites excluding steroid dienone is 1. The molecule has 1 aliphatic rings. The van der Waals surface area contributed by atoms with Gasteiger partial charge in [0.1, 0.15) is 23.0 Å². The summed E-state index contributed by atoms with van der Waals surface area (Å²) in [7, 11) is -1.82. The number of H-pyrrole nitrogens is 1. The highest BCUT2D eigenvalue weighted by molar-refractivity contribution is 7.91. The number of rotatable bonds is 6. The summed E-state index contributed by atoms with van der Waals surface area (Å²) in [6, 6.07) is 1.14. The number of aromatic nitrogens is 4. The molecule has 0 radical (unpaired) electrons. The fourth-order valence-electron chi connectivity index (χ4n) is 3.79. The molecule has 2 unspecified atom stereocenters. The Kier molecular flexibility index (Phi) is 5.95. The molecule has 0 saturated heterocycles. The number of ether oxygens (including phenoxy) is 1. The van der Waals surface area contributed by atoms with Crippen molar-refractivity contribution < 1.29 is 17.5 Å². The monoisotopic (exact) mass is 480 g/mol. The second kappa shape index (κ2) is 8.55. The molecule has 0 saturated carbocycles. The van der Waals surface area contributed by atoms with Crippen molar-refractivity contribution in [2.75, 3.05) is 18.7 Å². The molecule has 0 amide bonds. The number of nitrogens with zero attached hydrogens (tertiary/aromatic N) is 3. The van der Waals surface area contributed by atoms with E-state index < -0.39 is 21.0 Å². The van der Waals surface area contributed by atoms with Crippen LogP contribution in [-0.2, 0) is 9.84 Å². The first-order valence-electron chi connectivity index (χ1n) is 9.81. The Morgan fingerprint density at radius 3 is 2.78 bits per heavy atom. The minimum absolute atomic E-state index is 0.0649. The van der Waals surface area contributed by atoms with Gasteiger partial charge < -0.3 is 20.4 Å². The summed E-state index contributed by atoms with van der Waals surface area (Å²) in [6.07, 6.45) is 6.26. The Morgan fingerprint density at radius 1 is 1.34 bits per heavy atom. The van der Waals surface area contributed by atoms with Crippen LogP contribution in [0.2, 0.25) is 5.02 Å². The topological polar surface area (TPSA) is 122 Å². The SMILES string of the molecule is COc1c(C(C)Nc2ncnc3nc[nH]c23)cc(Cl)c(F)c1C1=CNC(S(C)(=O)=O)CC1. The zero-order valence-corrected chi connectivity index (χ0v) is 19.2. The molecule has 2 atom stereocenters. The molecule has 1 aromatic carbocycles. The lowest BCUT2D eigenvalue weighted by atomic mass is 9.94. The van der Waals surface area contributed by atoms with Crippen molar-refractivity contribution in [1.82, 2.24) is 25.3 Å². The maximum Gasteiger partial charge on any atom is 0.182 e. The molecule has 3 aromatic rings. The van der Waals surface area contributed by atoms with Crippen molar-refractivity contribution in [2.45, 2.75) is 31.2 Å². The highest BCUT2D eigenvalue weighted by Crippen LogP contribution is 2.42. The number of benzene rings is 1. The van der Waals surface area contributed by atoms with Gasteiger partial charge in [-0.3, -0.25) is 0 Å². The van der Waals surface area contributed by atoms with Crippen LogP contribution in [0, 0.1) is 5.82 Å². The quantitative estimate of drug-likeness (QED) is 0.490. The predicted octanol–water partition coefficient (Wildman–Crippen LogP) is 3.42. The smallest absolute Gasteiger partial charge is 0.182 e. The summed E-state index contributed by atoms with van der Waals surface area (Å²) < 4.78 is 44.4. The number of halogens is 2. The lowest BCUT2D eigenvalue weighted by Gasteiger charge is -2.26. The lowest BCUT2D eigenvalue weighted by Crippen LogP contribution is -2.35. The summed E-state index contributed by atoms with van der Waals surface area (Å²) in [5.74, 6) is 0.217. The Bertz CT molecular complexity index is 1310. The van der Waals surface area contributed by atoms with E-state index in [2.05, 4.69) is 30.6 Å². The Balaban J connectivity index is 1.73. The normalized spacial score (nSPS) is 17.5. The van der Waals surface area contributed by atoms with Crippen molar-refractivity contribution in [3.63, 3.8) is 0 Å². The largest absolute Gasteiger partial charge is 0.496 e. The van der Waals surface area contributed by atoms with E-state index in [1.807, 2.05) is 6.92 Å². The molecule has 12 heteroatoms. The van der Waals surface area contributed by atoms with Gasteiger partial charge in [0, 0.05) is 18.0 Å². The van der Waals surface area contributed by atoms with Crippen molar-refractivity contribution >= 4 is 44.0 Å². The van der Waals surface area contributed by atoms with Crippen molar-refractivity contribution in [3.05, 3.63) is 46.9 Å². The van der Waals surface area contributed by atoms with E-state index in [0.29, 0.717) is 46.7 Å². The van der Waals surface area contributed by atoms with Gasteiger partial charge in [-0.15, -0.1) is 0 Å². The molecule has 3 N–H and O–H groups in total. The number of imidazole rings is 1. The third kappa shape index (κ3) is 4.09. The van der Waals surface area contributed by atoms with E-state index in [-0.39, 0.29) is 16.6 Å². The van der Waals surface area contributed by atoms with Crippen molar-refractivity contribution in [3.8, 4) is 5.75 Å². The van der Waals surface area contributed by atoms with Crippen LogP contribution in [0.1, 0.15) is 36.9 Å². The second-order valence-corrected chi connectivity index (χ2v) is 10.2. The molecule has 0 aliphatic carbocycles.